The minimum atomic E-state index is -0.333. The molecule has 3 rings (SSSR count). The van der Waals surface area contributed by atoms with Crippen molar-refractivity contribution in [1.29, 1.82) is 0 Å². The predicted octanol–water partition coefficient (Wildman–Crippen LogP) is 1.83. The maximum absolute atomic E-state index is 12.2. The van der Waals surface area contributed by atoms with Crippen LogP contribution in [0.4, 0.5) is 5.13 Å². The molecule has 1 saturated heterocycles. The normalized spacial score (nSPS) is 17.8. The first-order valence-electron chi connectivity index (χ1n) is 7.02. The van der Waals surface area contributed by atoms with E-state index in [0.29, 0.717) is 18.2 Å². The molecule has 1 aliphatic heterocycles. The largest absolute Gasteiger partial charge is 0.336 e. The fourth-order valence-corrected chi connectivity index (χ4v) is 3.10. The van der Waals surface area contributed by atoms with Crippen LogP contribution in [0, 0.1) is 12.8 Å². The molecule has 0 aliphatic carbocycles. The monoisotopic (exact) mass is 316 g/mol. The van der Waals surface area contributed by atoms with Crippen LogP contribution in [0.2, 0.25) is 0 Å². The van der Waals surface area contributed by atoms with Crippen LogP contribution in [-0.2, 0) is 16.1 Å². The van der Waals surface area contributed by atoms with Crippen molar-refractivity contribution >= 4 is 28.3 Å². The smallest absolute Gasteiger partial charge is 0.231 e. The van der Waals surface area contributed by atoms with Crippen LogP contribution in [0.15, 0.2) is 29.8 Å². The summed E-state index contributed by atoms with van der Waals surface area (Å²) in [6.07, 6.45) is 1.94. The summed E-state index contributed by atoms with van der Waals surface area (Å²) in [4.78, 5) is 34.4. The van der Waals surface area contributed by atoms with Crippen molar-refractivity contribution in [3.63, 3.8) is 0 Å². The van der Waals surface area contributed by atoms with Gasteiger partial charge >= 0.3 is 0 Å². The van der Waals surface area contributed by atoms with E-state index in [9.17, 15) is 9.59 Å². The van der Waals surface area contributed by atoms with E-state index in [0.717, 1.165) is 11.4 Å². The van der Waals surface area contributed by atoms with Gasteiger partial charge in [0.05, 0.1) is 23.9 Å². The lowest BCUT2D eigenvalue weighted by Crippen LogP contribution is -2.28. The molecular weight excluding hydrogens is 300 g/mol. The highest BCUT2D eigenvalue weighted by Crippen LogP contribution is 2.22. The highest BCUT2D eigenvalue weighted by Gasteiger charge is 2.34. The summed E-state index contributed by atoms with van der Waals surface area (Å²) < 4.78 is 0. The first-order valence-corrected chi connectivity index (χ1v) is 7.90. The Labute approximate surface area is 132 Å². The van der Waals surface area contributed by atoms with Crippen molar-refractivity contribution in [2.24, 2.45) is 5.92 Å². The molecule has 1 atom stereocenters. The Morgan fingerprint density at radius 3 is 3.05 bits per heavy atom. The summed E-state index contributed by atoms with van der Waals surface area (Å²) in [5, 5.41) is 5.24. The van der Waals surface area contributed by atoms with Gasteiger partial charge in [0.15, 0.2) is 5.13 Å². The molecule has 1 unspecified atom stereocenters. The zero-order chi connectivity index (χ0) is 15.5. The van der Waals surface area contributed by atoms with Crippen LogP contribution in [0.5, 0.6) is 0 Å². The second-order valence-corrected chi connectivity index (χ2v) is 6.14. The third-order valence-corrected chi connectivity index (χ3v) is 4.39. The number of carbonyl (C=O) groups excluding carboxylic acids is 2. The number of hydrogen-bond donors (Lipinski definition) is 1. The van der Waals surface area contributed by atoms with Crippen molar-refractivity contribution in [2.75, 3.05) is 11.9 Å². The number of amides is 2. The molecule has 1 N–H and O–H groups in total. The summed E-state index contributed by atoms with van der Waals surface area (Å²) in [6.45, 7) is 2.74. The predicted molar refractivity (Wildman–Crippen MR) is 83.2 cm³/mol. The maximum atomic E-state index is 12.2. The Morgan fingerprint density at radius 2 is 2.36 bits per heavy atom. The molecule has 6 nitrogen and oxygen atoms in total. The molecule has 2 amide bonds. The number of rotatable bonds is 4. The minimum Gasteiger partial charge on any atom is -0.336 e. The van der Waals surface area contributed by atoms with Gasteiger partial charge in [-0.25, -0.2) is 4.98 Å². The van der Waals surface area contributed by atoms with Gasteiger partial charge in [-0.2, -0.15) is 0 Å². The second-order valence-electron chi connectivity index (χ2n) is 5.28. The van der Waals surface area contributed by atoms with Gasteiger partial charge in [-0.3, -0.25) is 14.6 Å². The van der Waals surface area contributed by atoms with Gasteiger partial charge in [0.2, 0.25) is 11.8 Å². The first-order chi connectivity index (χ1) is 10.6. The Bertz CT molecular complexity index is 686. The number of hydrogen-bond acceptors (Lipinski definition) is 5. The molecule has 1 fully saturated rings. The fourth-order valence-electron chi connectivity index (χ4n) is 2.41. The molecule has 22 heavy (non-hydrogen) atoms. The molecule has 114 valence electrons. The summed E-state index contributed by atoms with van der Waals surface area (Å²) in [5.74, 6) is -0.493. The minimum absolute atomic E-state index is 0.0128. The third-order valence-electron chi connectivity index (χ3n) is 3.51. The van der Waals surface area contributed by atoms with Crippen molar-refractivity contribution in [3.8, 4) is 0 Å². The number of aryl methyl sites for hydroxylation is 1. The van der Waals surface area contributed by atoms with Crippen molar-refractivity contribution in [2.45, 2.75) is 19.9 Å². The third kappa shape index (κ3) is 3.30. The van der Waals surface area contributed by atoms with Gasteiger partial charge in [0.25, 0.3) is 0 Å². The van der Waals surface area contributed by atoms with Gasteiger partial charge in [0.1, 0.15) is 0 Å². The quantitative estimate of drug-likeness (QED) is 0.934. The van der Waals surface area contributed by atoms with E-state index < -0.39 is 0 Å². The van der Waals surface area contributed by atoms with E-state index in [1.165, 1.54) is 11.3 Å². The lowest BCUT2D eigenvalue weighted by atomic mass is 10.1. The average molecular weight is 316 g/mol. The molecule has 0 radical (unpaired) electrons. The van der Waals surface area contributed by atoms with Crippen LogP contribution in [-0.4, -0.2) is 33.2 Å². The van der Waals surface area contributed by atoms with E-state index in [1.54, 1.807) is 11.1 Å². The topological polar surface area (TPSA) is 75.2 Å². The number of anilines is 1. The molecule has 2 aromatic rings. The van der Waals surface area contributed by atoms with Gasteiger partial charge < -0.3 is 10.2 Å². The van der Waals surface area contributed by atoms with Crippen LogP contribution in [0.1, 0.15) is 17.8 Å². The number of nitrogens with zero attached hydrogens (tertiary/aromatic N) is 3. The highest BCUT2D eigenvalue weighted by atomic mass is 32.1. The van der Waals surface area contributed by atoms with Gasteiger partial charge in [-0.05, 0) is 19.1 Å². The molecule has 3 heterocycles. The molecule has 0 saturated carbocycles. The van der Waals surface area contributed by atoms with Crippen LogP contribution < -0.4 is 5.32 Å². The molecule has 7 heteroatoms. The summed E-state index contributed by atoms with van der Waals surface area (Å²) in [7, 11) is 0. The number of aromatic nitrogens is 2. The second kappa shape index (κ2) is 6.23. The van der Waals surface area contributed by atoms with Gasteiger partial charge in [-0.1, -0.05) is 6.07 Å². The zero-order valence-electron chi connectivity index (χ0n) is 12.2. The maximum Gasteiger partial charge on any atom is 0.231 e. The highest BCUT2D eigenvalue weighted by molar-refractivity contribution is 7.13. The van der Waals surface area contributed by atoms with Gasteiger partial charge in [-0.15, -0.1) is 11.3 Å². The molecule has 1 aliphatic rings. The van der Waals surface area contributed by atoms with Crippen molar-refractivity contribution in [3.05, 3.63) is 41.2 Å². The SMILES string of the molecule is Cc1csc(NC(=O)C2CC(=O)N(Cc3ccccn3)C2)n1. The average Bonchev–Trinajstić information content (AvgIpc) is 3.07. The van der Waals surface area contributed by atoms with Crippen LogP contribution in [0.25, 0.3) is 0 Å². The lowest BCUT2D eigenvalue weighted by molar-refractivity contribution is -0.128. The van der Waals surface area contributed by atoms with E-state index in [2.05, 4.69) is 15.3 Å². The Hall–Kier alpha value is -2.28. The zero-order valence-corrected chi connectivity index (χ0v) is 13.0. The number of carbonyl (C=O) groups is 2. The number of nitrogens with one attached hydrogen (secondary N) is 1. The van der Waals surface area contributed by atoms with Crippen LogP contribution >= 0.6 is 11.3 Å². The molecule has 0 bridgehead atoms. The van der Waals surface area contributed by atoms with Gasteiger partial charge in [0, 0.05) is 24.5 Å². The molecule has 0 aromatic carbocycles. The van der Waals surface area contributed by atoms with Crippen LogP contribution in [0.3, 0.4) is 0 Å². The van der Waals surface area contributed by atoms with E-state index in [4.69, 9.17) is 0 Å². The number of pyridine rings is 1. The molecule has 0 spiro atoms. The lowest BCUT2D eigenvalue weighted by Gasteiger charge is -2.15. The standard InChI is InChI=1S/C15H16N4O2S/c1-10-9-22-15(17-10)18-14(21)11-6-13(20)19(7-11)8-12-4-2-3-5-16-12/h2-5,9,11H,6-8H2,1H3,(H,17,18,21). The van der Waals surface area contributed by atoms with Crippen molar-refractivity contribution in [1.82, 2.24) is 14.9 Å². The van der Waals surface area contributed by atoms with E-state index >= 15 is 0 Å². The van der Waals surface area contributed by atoms with E-state index in [1.807, 2.05) is 30.5 Å². The fraction of sp³-hybridized carbons (Fsp3) is 0.333. The number of likely N-dealkylation sites (tertiary alicyclic amines) is 1. The first kappa shape index (κ1) is 14.6. The summed E-state index contributed by atoms with van der Waals surface area (Å²) >= 11 is 1.39. The molecular formula is C15H16N4O2S. The molecule has 2 aromatic heterocycles. The van der Waals surface area contributed by atoms with E-state index in [-0.39, 0.29) is 24.2 Å². The Morgan fingerprint density at radius 1 is 1.50 bits per heavy atom. The Balaban J connectivity index is 1.60. The summed E-state index contributed by atoms with van der Waals surface area (Å²) in [5.41, 5.74) is 1.70. The summed E-state index contributed by atoms with van der Waals surface area (Å²) in [6, 6.07) is 5.60. The Kier molecular flexibility index (Phi) is 4.15. The number of thiazole rings is 1. The van der Waals surface area contributed by atoms with Crippen molar-refractivity contribution < 1.29 is 9.59 Å².